The Balaban J connectivity index is 1.83. The maximum Gasteiger partial charge on any atom is 0.0943 e. The van der Waals surface area contributed by atoms with E-state index in [9.17, 15) is 0 Å². The van der Waals surface area contributed by atoms with E-state index in [1.807, 2.05) is 5.38 Å². The maximum absolute atomic E-state index is 8.98. The van der Waals surface area contributed by atoms with Crippen molar-refractivity contribution in [3.05, 3.63) is 43.9 Å². The first-order valence-electron chi connectivity index (χ1n) is 8.64. The van der Waals surface area contributed by atoms with Crippen molar-refractivity contribution in [2.24, 2.45) is 4.99 Å². The van der Waals surface area contributed by atoms with Crippen LogP contribution < -0.4 is 25.2 Å². The largest absolute Gasteiger partial charge is 0.367 e. The molecule has 1 aromatic carbocycles. The molecular weight excluding hydrogens is 328 g/mol. The number of piperazine rings is 1. The van der Waals surface area contributed by atoms with E-state index in [-0.39, 0.29) is 0 Å². The van der Waals surface area contributed by atoms with Crippen molar-refractivity contribution in [2.75, 3.05) is 37.6 Å². The molecule has 0 unspecified atom stereocenters. The second-order valence-electron chi connectivity index (χ2n) is 6.25. The van der Waals surface area contributed by atoms with Gasteiger partial charge in [0.05, 0.1) is 22.8 Å². The molecule has 0 saturated carbocycles. The van der Waals surface area contributed by atoms with E-state index >= 15 is 0 Å². The molecule has 3 heterocycles. The highest BCUT2D eigenvalue weighted by Gasteiger charge is 2.17. The zero-order chi connectivity index (χ0) is 17.2. The van der Waals surface area contributed by atoms with Crippen LogP contribution in [0.25, 0.3) is 18.2 Å². The van der Waals surface area contributed by atoms with Crippen LogP contribution in [0, 0.1) is 11.3 Å². The molecule has 4 rings (SSSR count). The van der Waals surface area contributed by atoms with Crippen molar-refractivity contribution in [2.45, 2.75) is 6.92 Å². The number of rotatable bonds is 2. The zero-order valence-corrected chi connectivity index (χ0v) is 15.1. The number of anilines is 1. The minimum absolute atomic E-state index is 0.959. The summed E-state index contributed by atoms with van der Waals surface area (Å²) in [6, 6.07) is 8.54. The Morgan fingerprint density at radius 3 is 2.84 bits per heavy atom. The van der Waals surface area contributed by atoms with Crippen LogP contribution in [0.5, 0.6) is 0 Å². The summed E-state index contributed by atoms with van der Waals surface area (Å²) in [7, 11) is 0. The summed E-state index contributed by atoms with van der Waals surface area (Å²) in [5.74, 6) is 0. The maximum atomic E-state index is 8.98. The Hall–Kier alpha value is -2.42. The molecule has 0 radical (unpaired) electrons. The van der Waals surface area contributed by atoms with Gasteiger partial charge in [0.15, 0.2) is 0 Å². The molecule has 0 aliphatic carbocycles. The van der Waals surface area contributed by atoms with E-state index < -0.39 is 0 Å². The monoisotopic (exact) mass is 348 g/mol. The summed E-state index contributed by atoms with van der Waals surface area (Å²) < 4.78 is 0.975. The fourth-order valence-electron chi connectivity index (χ4n) is 3.46. The number of nitriles is 1. The first-order valence-corrected chi connectivity index (χ1v) is 9.52. The van der Waals surface area contributed by atoms with Gasteiger partial charge in [-0.1, -0.05) is 31.2 Å². The molecular formula is C20H20N4S. The van der Waals surface area contributed by atoms with Gasteiger partial charge in [-0.3, -0.25) is 0 Å². The number of benzene rings is 1. The van der Waals surface area contributed by atoms with Crippen molar-refractivity contribution < 1.29 is 0 Å². The highest BCUT2D eigenvalue weighted by molar-refractivity contribution is 7.08. The summed E-state index contributed by atoms with van der Waals surface area (Å²) in [5, 5.41) is 14.3. The summed E-state index contributed by atoms with van der Waals surface area (Å²) >= 11 is 1.58. The average Bonchev–Trinajstić information content (AvgIpc) is 2.92. The summed E-state index contributed by atoms with van der Waals surface area (Å²) in [4.78, 5) is 9.91. The normalized spacial score (nSPS) is 17.4. The number of hydrogen-bond donors (Lipinski definition) is 0. The lowest BCUT2D eigenvalue weighted by Crippen LogP contribution is -2.48. The van der Waals surface area contributed by atoms with Gasteiger partial charge in [0, 0.05) is 52.6 Å². The third kappa shape index (κ3) is 2.99. The minimum Gasteiger partial charge on any atom is -0.367 e. The lowest BCUT2D eigenvalue weighted by atomic mass is 10.2. The minimum atomic E-state index is 0.959. The highest BCUT2D eigenvalue weighted by atomic mass is 32.1. The van der Waals surface area contributed by atoms with Crippen LogP contribution in [0.15, 0.2) is 28.6 Å². The quantitative estimate of drug-likeness (QED) is 0.803. The molecule has 2 aliphatic heterocycles. The number of likely N-dealkylation sites (N-methyl/N-ethyl adjacent to an activating group) is 1. The first kappa shape index (κ1) is 16.1. The van der Waals surface area contributed by atoms with Gasteiger partial charge in [-0.15, -0.1) is 11.3 Å². The summed E-state index contributed by atoms with van der Waals surface area (Å²) in [6.45, 7) is 7.60. The van der Waals surface area contributed by atoms with Gasteiger partial charge in [0.1, 0.15) is 0 Å². The number of hydrogen-bond acceptors (Lipinski definition) is 5. The molecule has 1 saturated heterocycles. The van der Waals surface area contributed by atoms with Gasteiger partial charge in [0.25, 0.3) is 0 Å². The molecule has 2 aromatic rings. The molecule has 1 aromatic heterocycles. The van der Waals surface area contributed by atoms with E-state index in [1.54, 1.807) is 17.4 Å². The summed E-state index contributed by atoms with van der Waals surface area (Å²) in [6.07, 6.45) is 5.81. The second-order valence-corrected chi connectivity index (χ2v) is 7.16. The molecule has 5 heteroatoms. The van der Waals surface area contributed by atoms with Crippen LogP contribution >= 0.6 is 11.3 Å². The lowest BCUT2D eigenvalue weighted by molar-refractivity contribution is 0.271. The SMILES string of the molecule is CCN1CCN(c2cccc3c2=Nc2csc(=CC#N)c2=CC=3)CC1. The standard InChI is InChI=1S/C20H20N4S/c1-2-23-10-12-24(13-11-23)18-5-3-4-15-6-7-16-17(22-20(15)18)14-25-19(16)8-9-21/h3-8,14H,2,10-13H2,1H3. The third-order valence-electron chi connectivity index (χ3n) is 4.90. The van der Waals surface area contributed by atoms with Crippen molar-refractivity contribution in [1.29, 1.82) is 5.26 Å². The first-order chi connectivity index (χ1) is 12.3. The molecule has 4 nitrogen and oxygen atoms in total. The topological polar surface area (TPSA) is 42.6 Å². The predicted molar refractivity (Wildman–Crippen MR) is 104 cm³/mol. The predicted octanol–water partition coefficient (Wildman–Crippen LogP) is 0.720. The third-order valence-corrected chi connectivity index (χ3v) is 5.84. The fourth-order valence-corrected chi connectivity index (χ4v) is 4.29. The van der Waals surface area contributed by atoms with Gasteiger partial charge in [-0.05, 0) is 12.6 Å². The fraction of sp³-hybridized carbons (Fsp3) is 0.300. The molecule has 0 amide bonds. The Bertz CT molecular complexity index is 1070. The van der Waals surface area contributed by atoms with Gasteiger partial charge in [0.2, 0.25) is 0 Å². The molecule has 126 valence electrons. The number of nitrogens with zero attached hydrogens (tertiary/aromatic N) is 4. The van der Waals surface area contributed by atoms with Crippen molar-refractivity contribution >= 4 is 40.9 Å². The molecule has 0 atom stereocenters. The number of para-hydroxylation sites is 1. The smallest absolute Gasteiger partial charge is 0.0943 e. The van der Waals surface area contributed by atoms with Crippen molar-refractivity contribution in [3.8, 4) is 6.07 Å². The number of thiophene rings is 1. The molecule has 0 N–H and O–H groups in total. The second kappa shape index (κ2) is 6.83. The van der Waals surface area contributed by atoms with E-state index in [1.165, 1.54) is 5.69 Å². The highest BCUT2D eigenvalue weighted by Crippen LogP contribution is 2.13. The van der Waals surface area contributed by atoms with Gasteiger partial charge in [-0.25, -0.2) is 4.99 Å². The van der Waals surface area contributed by atoms with Crippen LogP contribution in [0.1, 0.15) is 6.92 Å². The van der Waals surface area contributed by atoms with Gasteiger partial charge < -0.3 is 9.80 Å². The Morgan fingerprint density at radius 2 is 2.08 bits per heavy atom. The zero-order valence-electron chi connectivity index (χ0n) is 14.3. The molecule has 25 heavy (non-hydrogen) atoms. The van der Waals surface area contributed by atoms with Crippen molar-refractivity contribution in [1.82, 2.24) is 4.90 Å². The number of fused-ring (bicyclic) bond motifs is 2. The molecule has 0 bridgehead atoms. The van der Waals surface area contributed by atoms with Crippen LogP contribution in [0.2, 0.25) is 0 Å². The molecule has 0 spiro atoms. The van der Waals surface area contributed by atoms with Gasteiger partial charge in [-0.2, -0.15) is 5.26 Å². The van der Waals surface area contributed by atoms with Crippen LogP contribution in [0.3, 0.4) is 0 Å². The van der Waals surface area contributed by atoms with Crippen molar-refractivity contribution in [3.63, 3.8) is 0 Å². The van der Waals surface area contributed by atoms with Crippen LogP contribution in [0.4, 0.5) is 11.4 Å². The van der Waals surface area contributed by atoms with E-state index in [0.29, 0.717) is 0 Å². The van der Waals surface area contributed by atoms with E-state index in [4.69, 9.17) is 10.3 Å². The molecule has 2 aliphatic rings. The summed E-state index contributed by atoms with van der Waals surface area (Å²) in [5.41, 5.74) is 2.17. The Labute approximate surface area is 151 Å². The average molecular weight is 348 g/mol. The van der Waals surface area contributed by atoms with E-state index in [0.717, 1.165) is 58.7 Å². The Morgan fingerprint density at radius 1 is 1.24 bits per heavy atom. The van der Waals surface area contributed by atoms with Crippen LogP contribution in [-0.2, 0) is 0 Å². The molecule has 1 fully saturated rings. The Kier molecular flexibility index (Phi) is 4.39. The van der Waals surface area contributed by atoms with E-state index in [2.05, 4.69) is 53.1 Å². The lowest BCUT2D eigenvalue weighted by Gasteiger charge is -2.35. The van der Waals surface area contributed by atoms with Crippen LogP contribution in [-0.4, -0.2) is 37.6 Å². The van der Waals surface area contributed by atoms with Gasteiger partial charge >= 0.3 is 0 Å².